The highest BCUT2D eigenvalue weighted by Gasteiger charge is 2.17. The number of furan rings is 1. The lowest BCUT2D eigenvalue weighted by Crippen LogP contribution is -2.39. The Morgan fingerprint density at radius 3 is 2.89 bits per heavy atom. The number of esters is 1. The number of anilines is 1. The summed E-state index contributed by atoms with van der Waals surface area (Å²) >= 11 is 0. The molecule has 10 nitrogen and oxygen atoms in total. The maximum Gasteiger partial charge on any atom is 0.328 e. The Morgan fingerprint density at radius 2 is 2.14 bits per heavy atom. The third kappa shape index (κ3) is 4.84. The largest absolute Gasteiger partial charge is 0.467 e. The van der Waals surface area contributed by atoms with E-state index in [0.717, 1.165) is 5.76 Å². The summed E-state index contributed by atoms with van der Waals surface area (Å²) in [6.45, 7) is 4.07. The van der Waals surface area contributed by atoms with E-state index in [1.807, 2.05) is 12.1 Å². The highest BCUT2D eigenvalue weighted by molar-refractivity contribution is 5.84. The second-order valence-corrected chi connectivity index (χ2v) is 6.08. The molecule has 0 saturated heterocycles. The average molecular weight is 386 g/mol. The Kier molecular flexibility index (Phi) is 6.20. The maximum absolute atomic E-state index is 12.1. The van der Waals surface area contributed by atoms with E-state index in [1.54, 1.807) is 36.8 Å². The van der Waals surface area contributed by atoms with Crippen molar-refractivity contribution >= 4 is 23.3 Å². The van der Waals surface area contributed by atoms with E-state index in [2.05, 4.69) is 25.9 Å². The van der Waals surface area contributed by atoms with Gasteiger partial charge in [-0.1, -0.05) is 0 Å². The Morgan fingerprint density at radius 1 is 1.29 bits per heavy atom. The van der Waals surface area contributed by atoms with Gasteiger partial charge in [0, 0.05) is 12.8 Å². The molecule has 3 aromatic rings. The van der Waals surface area contributed by atoms with Crippen molar-refractivity contribution in [2.45, 2.75) is 39.3 Å². The van der Waals surface area contributed by atoms with E-state index in [0.29, 0.717) is 30.3 Å². The molecule has 10 heteroatoms. The molecule has 0 unspecified atom stereocenters. The van der Waals surface area contributed by atoms with Gasteiger partial charge in [-0.15, -0.1) is 15.3 Å². The standard InChI is InChI=1S/C18H22N6O4/c1-3-27-18(26)12(2)20-17(25)9-8-16-22-21-15-7-6-14(23-24(15)16)19-11-13-5-4-10-28-13/h4-7,10,12H,3,8-9,11H2,1-2H3,(H,19,23)(H,20,25)/t12-/m1/s1. The van der Waals surface area contributed by atoms with Gasteiger partial charge in [-0.05, 0) is 38.1 Å². The molecule has 1 amide bonds. The van der Waals surface area contributed by atoms with Crippen molar-refractivity contribution in [2.24, 2.45) is 0 Å². The van der Waals surface area contributed by atoms with Crippen LogP contribution in [0, 0.1) is 0 Å². The number of carbonyl (C=O) groups excluding carboxylic acids is 2. The van der Waals surface area contributed by atoms with Crippen LogP contribution in [0.15, 0.2) is 34.9 Å². The van der Waals surface area contributed by atoms with E-state index in [9.17, 15) is 9.59 Å². The summed E-state index contributed by atoms with van der Waals surface area (Å²) in [6, 6.07) is 6.57. The van der Waals surface area contributed by atoms with Crippen LogP contribution in [0.2, 0.25) is 0 Å². The van der Waals surface area contributed by atoms with Gasteiger partial charge >= 0.3 is 5.97 Å². The van der Waals surface area contributed by atoms with E-state index in [4.69, 9.17) is 9.15 Å². The molecule has 0 bridgehead atoms. The Bertz CT molecular complexity index is 937. The van der Waals surface area contributed by atoms with Gasteiger partial charge in [0.1, 0.15) is 17.6 Å². The molecule has 28 heavy (non-hydrogen) atoms. The first-order valence-corrected chi connectivity index (χ1v) is 9.00. The normalized spacial score (nSPS) is 11.9. The van der Waals surface area contributed by atoms with Crippen LogP contribution >= 0.6 is 0 Å². The zero-order chi connectivity index (χ0) is 19.9. The van der Waals surface area contributed by atoms with Crippen molar-refractivity contribution in [1.82, 2.24) is 25.1 Å². The first kappa shape index (κ1) is 19.3. The van der Waals surface area contributed by atoms with Gasteiger partial charge in [0.25, 0.3) is 0 Å². The van der Waals surface area contributed by atoms with Crippen LogP contribution in [0.5, 0.6) is 0 Å². The van der Waals surface area contributed by atoms with Crippen molar-refractivity contribution in [1.29, 1.82) is 0 Å². The van der Waals surface area contributed by atoms with Crippen LogP contribution in [-0.4, -0.2) is 44.3 Å². The van der Waals surface area contributed by atoms with Crippen molar-refractivity contribution in [3.05, 3.63) is 42.1 Å². The van der Waals surface area contributed by atoms with Gasteiger partial charge in [0.05, 0.1) is 19.4 Å². The molecule has 0 aliphatic heterocycles. The van der Waals surface area contributed by atoms with E-state index >= 15 is 0 Å². The van der Waals surface area contributed by atoms with Gasteiger partial charge in [-0.25, -0.2) is 4.79 Å². The summed E-state index contributed by atoms with van der Waals surface area (Å²) in [5, 5.41) is 18.4. The molecule has 148 valence electrons. The summed E-state index contributed by atoms with van der Waals surface area (Å²) in [5.74, 6) is 1.24. The monoisotopic (exact) mass is 386 g/mol. The summed E-state index contributed by atoms with van der Waals surface area (Å²) in [4.78, 5) is 23.7. The van der Waals surface area contributed by atoms with E-state index < -0.39 is 12.0 Å². The third-order valence-electron chi connectivity index (χ3n) is 3.94. The van der Waals surface area contributed by atoms with Gasteiger partial charge < -0.3 is 19.8 Å². The Labute approximate surface area is 161 Å². The lowest BCUT2D eigenvalue weighted by atomic mass is 10.2. The lowest BCUT2D eigenvalue weighted by Gasteiger charge is -2.12. The number of aromatic nitrogens is 4. The minimum atomic E-state index is -0.696. The molecule has 3 aromatic heterocycles. The molecule has 0 fully saturated rings. The van der Waals surface area contributed by atoms with Crippen LogP contribution in [0.1, 0.15) is 31.9 Å². The van der Waals surface area contributed by atoms with Crippen molar-refractivity contribution in [3.63, 3.8) is 0 Å². The van der Waals surface area contributed by atoms with Gasteiger partial charge in [0.2, 0.25) is 5.91 Å². The summed E-state index contributed by atoms with van der Waals surface area (Å²) in [7, 11) is 0. The molecule has 0 aliphatic rings. The van der Waals surface area contributed by atoms with Crippen LogP contribution in [0.25, 0.3) is 5.65 Å². The number of amides is 1. The first-order chi connectivity index (χ1) is 13.6. The molecule has 0 spiro atoms. The fourth-order valence-corrected chi connectivity index (χ4v) is 2.54. The SMILES string of the molecule is CCOC(=O)[C@@H](C)NC(=O)CCc1nnc2ccc(NCc3ccco3)nn12. The maximum atomic E-state index is 12.1. The first-order valence-electron chi connectivity index (χ1n) is 9.00. The number of aryl methyl sites for hydroxylation is 1. The number of rotatable bonds is 9. The van der Waals surface area contributed by atoms with Crippen molar-refractivity contribution in [2.75, 3.05) is 11.9 Å². The number of hydrogen-bond acceptors (Lipinski definition) is 8. The van der Waals surface area contributed by atoms with Crippen LogP contribution in [-0.2, 0) is 27.3 Å². The molecule has 0 saturated carbocycles. The molecule has 3 rings (SSSR count). The summed E-state index contributed by atoms with van der Waals surface area (Å²) in [5.41, 5.74) is 0.582. The Balaban J connectivity index is 1.59. The molecule has 0 aliphatic carbocycles. The molecule has 3 heterocycles. The fraction of sp³-hybridized carbons (Fsp3) is 0.389. The van der Waals surface area contributed by atoms with Crippen molar-refractivity contribution in [3.8, 4) is 0 Å². The molecule has 0 aromatic carbocycles. The molecular weight excluding hydrogens is 364 g/mol. The van der Waals surface area contributed by atoms with E-state index in [1.165, 1.54) is 0 Å². The highest BCUT2D eigenvalue weighted by Crippen LogP contribution is 2.10. The number of nitrogens with zero attached hydrogens (tertiary/aromatic N) is 4. The molecule has 1 atom stereocenters. The molecule has 0 radical (unpaired) electrons. The zero-order valence-electron chi connectivity index (χ0n) is 15.7. The molecule has 2 N–H and O–H groups in total. The molecular formula is C18H22N6O4. The highest BCUT2D eigenvalue weighted by atomic mass is 16.5. The second-order valence-electron chi connectivity index (χ2n) is 6.08. The Hall–Kier alpha value is -3.43. The smallest absolute Gasteiger partial charge is 0.328 e. The number of nitrogens with one attached hydrogen (secondary N) is 2. The van der Waals surface area contributed by atoms with Gasteiger partial charge in [-0.3, -0.25) is 4.79 Å². The number of fused-ring (bicyclic) bond motifs is 1. The van der Waals surface area contributed by atoms with Gasteiger partial charge in [0.15, 0.2) is 11.5 Å². The van der Waals surface area contributed by atoms with Crippen LogP contribution in [0.3, 0.4) is 0 Å². The summed E-state index contributed by atoms with van der Waals surface area (Å²) in [6.07, 6.45) is 2.09. The average Bonchev–Trinajstić information content (AvgIpc) is 3.34. The third-order valence-corrected chi connectivity index (χ3v) is 3.94. The number of carbonyl (C=O) groups is 2. The van der Waals surface area contributed by atoms with Crippen LogP contribution < -0.4 is 10.6 Å². The van der Waals surface area contributed by atoms with Crippen LogP contribution in [0.4, 0.5) is 5.82 Å². The number of hydrogen-bond donors (Lipinski definition) is 2. The van der Waals surface area contributed by atoms with E-state index in [-0.39, 0.29) is 18.9 Å². The predicted octanol–water partition coefficient (Wildman–Crippen LogP) is 1.33. The summed E-state index contributed by atoms with van der Waals surface area (Å²) < 4.78 is 11.7. The lowest BCUT2D eigenvalue weighted by molar-refractivity contribution is -0.146. The number of ether oxygens (including phenoxy) is 1. The van der Waals surface area contributed by atoms with Gasteiger partial charge in [-0.2, -0.15) is 4.52 Å². The minimum absolute atomic E-state index is 0.149. The minimum Gasteiger partial charge on any atom is -0.467 e. The topological polar surface area (TPSA) is 124 Å². The predicted molar refractivity (Wildman–Crippen MR) is 99.4 cm³/mol. The zero-order valence-corrected chi connectivity index (χ0v) is 15.7. The van der Waals surface area contributed by atoms with Crippen molar-refractivity contribution < 1.29 is 18.7 Å². The second kappa shape index (κ2) is 8.98. The quantitative estimate of drug-likeness (QED) is 0.528. The fourth-order valence-electron chi connectivity index (χ4n) is 2.54.